The van der Waals surface area contributed by atoms with Gasteiger partial charge in [0.25, 0.3) is 0 Å². The van der Waals surface area contributed by atoms with Gasteiger partial charge in [-0.2, -0.15) is 4.98 Å². The molecule has 0 aliphatic carbocycles. The Bertz CT molecular complexity index is 905. The quantitative estimate of drug-likeness (QED) is 0.641. The van der Waals surface area contributed by atoms with Crippen molar-refractivity contribution < 1.29 is 9.53 Å². The van der Waals surface area contributed by atoms with Crippen molar-refractivity contribution in [1.82, 2.24) is 15.0 Å². The minimum absolute atomic E-state index is 0.355. The summed E-state index contributed by atoms with van der Waals surface area (Å²) in [6, 6.07) is 10.4. The number of aromatic nitrogens is 3. The van der Waals surface area contributed by atoms with Crippen molar-refractivity contribution >= 4 is 35.0 Å². The number of anilines is 3. The van der Waals surface area contributed by atoms with E-state index in [1.165, 1.54) is 7.11 Å². The van der Waals surface area contributed by atoms with Gasteiger partial charge in [-0.15, -0.1) is 0 Å². The number of esters is 1. The molecule has 0 radical (unpaired) electrons. The first-order valence-corrected chi connectivity index (χ1v) is 8.14. The van der Waals surface area contributed by atoms with Gasteiger partial charge in [0.15, 0.2) is 0 Å². The molecule has 0 saturated heterocycles. The van der Waals surface area contributed by atoms with Crippen molar-refractivity contribution in [2.75, 3.05) is 17.7 Å². The van der Waals surface area contributed by atoms with Crippen molar-refractivity contribution in [3.63, 3.8) is 0 Å². The molecule has 2 aromatic heterocycles. The van der Waals surface area contributed by atoms with Gasteiger partial charge in [-0.25, -0.2) is 9.78 Å². The van der Waals surface area contributed by atoms with Crippen LogP contribution in [-0.4, -0.2) is 28.0 Å². The van der Waals surface area contributed by atoms with Crippen LogP contribution in [0.4, 0.5) is 17.5 Å². The van der Waals surface area contributed by atoms with Gasteiger partial charge in [0.2, 0.25) is 5.95 Å². The van der Waals surface area contributed by atoms with Gasteiger partial charge in [0, 0.05) is 25.1 Å². The minimum atomic E-state index is -0.446. The van der Waals surface area contributed by atoms with Crippen LogP contribution < -0.4 is 10.6 Å². The van der Waals surface area contributed by atoms with Gasteiger partial charge in [-0.05, 0) is 42.0 Å². The molecule has 0 bridgehead atoms. The average molecular weight is 370 g/mol. The number of pyridine rings is 1. The maximum atomic E-state index is 11.7. The molecule has 0 unspecified atom stereocenters. The van der Waals surface area contributed by atoms with E-state index in [-0.39, 0.29) is 0 Å². The summed E-state index contributed by atoms with van der Waals surface area (Å²) in [5, 5.41) is 6.67. The molecule has 0 atom stereocenters. The van der Waals surface area contributed by atoms with E-state index < -0.39 is 5.97 Å². The molecule has 3 rings (SSSR count). The highest BCUT2D eigenvalue weighted by molar-refractivity contribution is 6.33. The molecule has 8 heteroatoms. The maximum absolute atomic E-state index is 11.7. The van der Waals surface area contributed by atoms with Crippen LogP contribution in [0.15, 0.2) is 55.0 Å². The van der Waals surface area contributed by atoms with E-state index in [1.807, 2.05) is 12.1 Å². The fraction of sp³-hybridized carbons (Fsp3) is 0.111. The van der Waals surface area contributed by atoms with Crippen molar-refractivity contribution in [3.8, 4) is 0 Å². The highest BCUT2D eigenvalue weighted by Gasteiger charge is 2.10. The number of halogens is 1. The van der Waals surface area contributed by atoms with Gasteiger partial charge in [-0.3, -0.25) is 4.98 Å². The average Bonchev–Trinajstić information content (AvgIpc) is 2.68. The Labute approximate surface area is 155 Å². The second kappa shape index (κ2) is 8.26. The predicted molar refractivity (Wildman–Crippen MR) is 99.7 cm³/mol. The van der Waals surface area contributed by atoms with Crippen LogP contribution in [0.5, 0.6) is 0 Å². The molecule has 0 amide bonds. The molecule has 0 fully saturated rings. The largest absolute Gasteiger partial charge is 0.465 e. The Kier molecular flexibility index (Phi) is 5.60. The number of nitrogens with one attached hydrogen (secondary N) is 2. The summed E-state index contributed by atoms with van der Waals surface area (Å²) in [7, 11) is 1.32. The van der Waals surface area contributed by atoms with Gasteiger partial charge in [0.1, 0.15) is 5.82 Å². The lowest BCUT2D eigenvalue weighted by atomic mass is 10.2. The fourth-order valence-electron chi connectivity index (χ4n) is 2.20. The predicted octanol–water partition coefficient (Wildman–Crippen LogP) is 3.67. The van der Waals surface area contributed by atoms with Crippen molar-refractivity contribution in [1.29, 1.82) is 0 Å². The molecule has 3 aromatic rings. The lowest BCUT2D eigenvalue weighted by Crippen LogP contribution is -2.05. The standard InChI is InChI=1S/C18H16ClN5O2/c1-26-17(25)13-2-3-14(19)15(10-13)23-18-21-9-6-16(24-18)22-11-12-4-7-20-8-5-12/h2-10H,11H2,1H3,(H2,21,22,23,24). The molecule has 26 heavy (non-hydrogen) atoms. The van der Waals surface area contributed by atoms with Crippen LogP contribution in [0.3, 0.4) is 0 Å². The summed E-state index contributed by atoms with van der Waals surface area (Å²) in [6.45, 7) is 0.609. The monoisotopic (exact) mass is 369 g/mol. The summed E-state index contributed by atoms with van der Waals surface area (Å²) in [4.78, 5) is 24.2. The van der Waals surface area contributed by atoms with E-state index in [9.17, 15) is 4.79 Å². The summed E-state index contributed by atoms with van der Waals surface area (Å²) in [5.74, 6) is 0.562. The van der Waals surface area contributed by atoms with Gasteiger partial charge >= 0.3 is 5.97 Å². The minimum Gasteiger partial charge on any atom is -0.465 e. The molecule has 2 heterocycles. The molecule has 132 valence electrons. The SMILES string of the molecule is COC(=O)c1ccc(Cl)c(Nc2nccc(NCc3ccncc3)n2)c1. The van der Waals surface area contributed by atoms with E-state index >= 15 is 0 Å². The Morgan fingerprint density at radius 1 is 1.15 bits per heavy atom. The summed E-state index contributed by atoms with van der Waals surface area (Å²) in [6.07, 6.45) is 5.10. The third-order valence-corrected chi connectivity index (χ3v) is 3.84. The zero-order valence-corrected chi connectivity index (χ0v) is 14.7. The maximum Gasteiger partial charge on any atom is 0.337 e. The summed E-state index contributed by atoms with van der Waals surface area (Å²) in [5.41, 5.74) is 1.98. The number of methoxy groups -OCH3 is 1. The van der Waals surface area contributed by atoms with Gasteiger partial charge < -0.3 is 15.4 Å². The first-order valence-electron chi connectivity index (χ1n) is 7.76. The number of carbonyl (C=O) groups excluding carboxylic acids is 1. The van der Waals surface area contributed by atoms with E-state index in [2.05, 4.69) is 25.6 Å². The Morgan fingerprint density at radius 2 is 1.96 bits per heavy atom. The lowest BCUT2D eigenvalue weighted by molar-refractivity contribution is 0.0601. The smallest absolute Gasteiger partial charge is 0.337 e. The molecule has 2 N–H and O–H groups in total. The number of nitrogens with zero attached hydrogens (tertiary/aromatic N) is 3. The van der Waals surface area contributed by atoms with E-state index in [4.69, 9.17) is 16.3 Å². The van der Waals surface area contributed by atoms with Crippen LogP contribution in [0, 0.1) is 0 Å². The fourth-order valence-corrected chi connectivity index (χ4v) is 2.36. The van der Waals surface area contributed by atoms with Crippen molar-refractivity contribution in [2.24, 2.45) is 0 Å². The number of carbonyl (C=O) groups is 1. The number of rotatable bonds is 6. The molecular formula is C18H16ClN5O2. The summed E-state index contributed by atoms with van der Waals surface area (Å²) < 4.78 is 4.72. The van der Waals surface area contributed by atoms with Crippen LogP contribution in [0.2, 0.25) is 5.02 Å². The normalized spacial score (nSPS) is 10.2. The topological polar surface area (TPSA) is 89.0 Å². The summed E-state index contributed by atoms with van der Waals surface area (Å²) >= 11 is 6.18. The highest BCUT2D eigenvalue weighted by Crippen LogP contribution is 2.26. The lowest BCUT2D eigenvalue weighted by Gasteiger charge is -2.10. The molecule has 1 aromatic carbocycles. The van der Waals surface area contributed by atoms with E-state index in [0.29, 0.717) is 34.6 Å². The van der Waals surface area contributed by atoms with Crippen LogP contribution in [0.1, 0.15) is 15.9 Å². The van der Waals surface area contributed by atoms with Gasteiger partial charge in [-0.1, -0.05) is 11.6 Å². The Balaban J connectivity index is 1.73. The Morgan fingerprint density at radius 3 is 2.73 bits per heavy atom. The van der Waals surface area contributed by atoms with Crippen molar-refractivity contribution in [3.05, 3.63) is 71.1 Å². The third kappa shape index (κ3) is 4.46. The second-order valence-electron chi connectivity index (χ2n) is 5.29. The first kappa shape index (κ1) is 17.6. The van der Waals surface area contributed by atoms with Crippen LogP contribution >= 0.6 is 11.6 Å². The number of hydrogen-bond donors (Lipinski definition) is 2. The van der Waals surface area contributed by atoms with Crippen LogP contribution in [0.25, 0.3) is 0 Å². The zero-order chi connectivity index (χ0) is 18.4. The third-order valence-electron chi connectivity index (χ3n) is 3.51. The van der Waals surface area contributed by atoms with E-state index in [1.54, 1.807) is 42.9 Å². The molecule has 0 saturated carbocycles. The highest BCUT2D eigenvalue weighted by atomic mass is 35.5. The Hall–Kier alpha value is -3.19. The second-order valence-corrected chi connectivity index (χ2v) is 5.69. The molecule has 0 aliphatic heterocycles. The van der Waals surface area contributed by atoms with Gasteiger partial charge in [0.05, 0.1) is 23.4 Å². The zero-order valence-electron chi connectivity index (χ0n) is 13.9. The molecule has 0 aliphatic rings. The molecule has 0 spiro atoms. The van der Waals surface area contributed by atoms with Crippen LogP contribution in [-0.2, 0) is 11.3 Å². The van der Waals surface area contributed by atoms with Crippen molar-refractivity contribution in [2.45, 2.75) is 6.54 Å². The number of benzene rings is 1. The molecule has 7 nitrogen and oxygen atoms in total. The number of hydrogen-bond acceptors (Lipinski definition) is 7. The first-order chi connectivity index (χ1) is 12.7. The number of ether oxygens (including phenoxy) is 1. The molecular weight excluding hydrogens is 354 g/mol. The van der Waals surface area contributed by atoms with E-state index in [0.717, 1.165) is 5.56 Å².